The molecular formula is C19H21ClN2O6. The van der Waals surface area contributed by atoms with Crippen LogP contribution in [0.1, 0.15) is 42.5 Å². The Bertz CT molecular complexity index is 936. The van der Waals surface area contributed by atoms with Crippen LogP contribution in [0.3, 0.4) is 0 Å². The smallest absolute Gasteiger partial charge is 0.324 e. The number of nitrogens with zero attached hydrogens (tertiary/aromatic N) is 2. The molecule has 0 aliphatic carbocycles. The molecule has 0 amide bonds. The van der Waals surface area contributed by atoms with Gasteiger partial charge < -0.3 is 19.8 Å². The van der Waals surface area contributed by atoms with Crippen LogP contribution in [0, 0.1) is 25.0 Å². The van der Waals surface area contributed by atoms with Gasteiger partial charge >= 0.3 is 11.9 Å². The van der Waals surface area contributed by atoms with Gasteiger partial charge in [0.15, 0.2) is 5.92 Å². The summed E-state index contributed by atoms with van der Waals surface area (Å²) in [5.74, 6) is -5.41. The predicted molar refractivity (Wildman–Crippen MR) is 98.6 cm³/mol. The third kappa shape index (κ3) is 3.17. The molecule has 0 spiro atoms. The molecule has 1 saturated heterocycles. The van der Waals surface area contributed by atoms with E-state index in [2.05, 4.69) is 0 Å². The van der Waals surface area contributed by atoms with E-state index < -0.39 is 29.6 Å². The molecule has 0 bridgehead atoms. The summed E-state index contributed by atoms with van der Waals surface area (Å²) in [6.07, 6.45) is 0. The number of ether oxygens (including phenoxy) is 2. The second kappa shape index (κ2) is 6.70. The molecule has 1 aromatic heterocycles. The summed E-state index contributed by atoms with van der Waals surface area (Å²) in [5, 5.41) is 22.6. The number of hydrogen-bond acceptors (Lipinski definition) is 6. The highest BCUT2D eigenvalue weighted by Gasteiger charge is 2.51. The number of carbonyl (C=O) groups is 2. The fourth-order valence-corrected chi connectivity index (χ4v) is 3.60. The summed E-state index contributed by atoms with van der Waals surface area (Å²) in [6, 6.07) is 4.26. The largest absolute Gasteiger partial charge is 0.711 e. The lowest BCUT2D eigenvalue weighted by Crippen LogP contribution is -2.50. The summed E-state index contributed by atoms with van der Waals surface area (Å²) < 4.78 is 12.8. The van der Waals surface area contributed by atoms with E-state index >= 15 is 0 Å². The zero-order valence-corrected chi connectivity index (χ0v) is 16.9. The van der Waals surface area contributed by atoms with Crippen LogP contribution in [0.2, 0.25) is 5.02 Å². The van der Waals surface area contributed by atoms with Gasteiger partial charge in [-0.05, 0) is 17.7 Å². The van der Waals surface area contributed by atoms with Crippen LogP contribution in [0.15, 0.2) is 18.2 Å². The van der Waals surface area contributed by atoms with E-state index in [9.17, 15) is 19.9 Å². The Balaban J connectivity index is 2.24. The summed E-state index contributed by atoms with van der Waals surface area (Å²) >= 11 is 6.04. The lowest BCUT2D eigenvalue weighted by Gasteiger charge is -2.35. The standard InChI is InChI=1S/C19H21ClN2O6/c1-9-10(2)22(26)16(21(9)5)14(11-6-7-13(23)12(20)8-11)15-17(24)27-19(3,4)28-18(15)25/h6-8,14-15,23H,1-5H3/t14-/m1/s1. The van der Waals surface area contributed by atoms with Gasteiger partial charge in [-0.3, -0.25) is 9.59 Å². The maximum atomic E-state index is 12.9. The topological polar surface area (TPSA) is 105 Å². The van der Waals surface area contributed by atoms with Gasteiger partial charge in [-0.25, -0.2) is 9.30 Å². The molecule has 1 N–H and O–H groups in total. The number of rotatable bonds is 3. The quantitative estimate of drug-likeness (QED) is 0.361. The molecule has 1 aliphatic rings. The fourth-order valence-electron chi connectivity index (χ4n) is 3.41. The average molecular weight is 409 g/mol. The number of carbonyl (C=O) groups excluding carboxylic acids is 2. The monoisotopic (exact) mass is 408 g/mol. The van der Waals surface area contributed by atoms with Crippen molar-refractivity contribution in [2.45, 2.75) is 39.4 Å². The molecule has 1 fully saturated rings. The van der Waals surface area contributed by atoms with Gasteiger partial charge in [0.1, 0.15) is 23.1 Å². The van der Waals surface area contributed by atoms with Crippen LogP contribution in [0.25, 0.3) is 0 Å². The average Bonchev–Trinajstić information content (AvgIpc) is 2.77. The van der Waals surface area contributed by atoms with Gasteiger partial charge in [-0.1, -0.05) is 17.7 Å². The van der Waals surface area contributed by atoms with Gasteiger partial charge in [-0.2, -0.15) is 0 Å². The Morgan fingerprint density at radius 2 is 1.82 bits per heavy atom. The SMILES string of the molecule is Cc1c(C)[n+]([O-])c([C@H](c2ccc(O)c(Cl)c2)C2C(=O)OC(C)(C)OC2=O)n1C. The van der Waals surface area contributed by atoms with E-state index in [1.807, 2.05) is 0 Å². The summed E-state index contributed by atoms with van der Waals surface area (Å²) in [4.78, 5) is 25.5. The highest BCUT2D eigenvalue weighted by molar-refractivity contribution is 6.32. The zero-order chi connectivity index (χ0) is 21.0. The number of imidazole rings is 1. The Kier molecular flexibility index (Phi) is 4.79. The molecule has 9 heteroatoms. The maximum absolute atomic E-state index is 12.9. The third-order valence-corrected chi connectivity index (χ3v) is 5.33. The first-order valence-electron chi connectivity index (χ1n) is 8.64. The maximum Gasteiger partial charge on any atom is 0.324 e. The molecule has 1 aromatic carbocycles. The second-order valence-electron chi connectivity index (χ2n) is 7.29. The van der Waals surface area contributed by atoms with Crippen LogP contribution < -0.4 is 4.73 Å². The first-order valence-corrected chi connectivity index (χ1v) is 9.02. The van der Waals surface area contributed by atoms with E-state index in [-0.39, 0.29) is 16.6 Å². The Morgan fingerprint density at radius 3 is 2.29 bits per heavy atom. The Hall–Kier alpha value is -2.74. The number of phenolic OH excluding ortho intramolecular Hbond substituents is 1. The van der Waals surface area contributed by atoms with E-state index in [1.54, 1.807) is 25.5 Å². The molecule has 2 aromatic rings. The zero-order valence-electron chi connectivity index (χ0n) is 16.1. The van der Waals surface area contributed by atoms with Gasteiger partial charge in [-0.15, -0.1) is 0 Å². The first-order chi connectivity index (χ1) is 12.9. The fraction of sp³-hybridized carbons (Fsp3) is 0.421. The van der Waals surface area contributed by atoms with Crippen molar-refractivity contribution in [3.8, 4) is 5.75 Å². The molecule has 0 radical (unpaired) electrons. The number of aromatic hydroxyl groups is 1. The van der Waals surface area contributed by atoms with Crippen molar-refractivity contribution in [1.29, 1.82) is 0 Å². The van der Waals surface area contributed by atoms with Crippen molar-refractivity contribution in [2.75, 3.05) is 0 Å². The van der Waals surface area contributed by atoms with Gasteiger partial charge in [0.05, 0.1) is 12.1 Å². The van der Waals surface area contributed by atoms with Gasteiger partial charge in [0.25, 0.3) is 11.6 Å². The summed E-state index contributed by atoms with van der Waals surface area (Å²) in [6.45, 7) is 6.31. The van der Waals surface area contributed by atoms with E-state index in [0.29, 0.717) is 21.7 Å². The van der Waals surface area contributed by atoms with Crippen LogP contribution in [0.5, 0.6) is 5.75 Å². The predicted octanol–water partition coefficient (Wildman–Crippen LogP) is 2.22. The highest BCUT2D eigenvalue weighted by Crippen LogP contribution is 2.39. The van der Waals surface area contributed by atoms with E-state index in [1.165, 1.54) is 32.0 Å². The molecule has 1 aliphatic heterocycles. The molecule has 2 heterocycles. The van der Waals surface area contributed by atoms with Crippen LogP contribution in [0.4, 0.5) is 0 Å². The van der Waals surface area contributed by atoms with Crippen molar-refractivity contribution in [1.82, 2.24) is 4.57 Å². The molecule has 0 unspecified atom stereocenters. The number of phenols is 1. The van der Waals surface area contributed by atoms with E-state index in [0.717, 1.165) is 0 Å². The minimum absolute atomic E-state index is 0.0282. The van der Waals surface area contributed by atoms with Crippen molar-refractivity contribution in [3.63, 3.8) is 0 Å². The molecule has 8 nitrogen and oxygen atoms in total. The minimum atomic E-state index is -1.40. The van der Waals surface area contributed by atoms with Crippen molar-refractivity contribution < 1.29 is 28.9 Å². The van der Waals surface area contributed by atoms with E-state index in [4.69, 9.17) is 21.1 Å². The lowest BCUT2D eigenvalue weighted by atomic mass is 9.84. The number of cyclic esters (lactones) is 2. The Morgan fingerprint density at radius 1 is 1.25 bits per heavy atom. The molecule has 150 valence electrons. The molecule has 1 atom stereocenters. The minimum Gasteiger partial charge on any atom is -0.711 e. The summed E-state index contributed by atoms with van der Waals surface area (Å²) in [5.41, 5.74) is 1.51. The number of benzene rings is 1. The summed E-state index contributed by atoms with van der Waals surface area (Å²) in [7, 11) is 1.67. The number of hydrogen-bond donors (Lipinski definition) is 1. The second-order valence-corrected chi connectivity index (χ2v) is 7.70. The molecule has 28 heavy (non-hydrogen) atoms. The van der Waals surface area contributed by atoms with Crippen molar-refractivity contribution in [2.24, 2.45) is 13.0 Å². The number of halogens is 1. The number of esters is 2. The third-order valence-electron chi connectivity index (χ3n) is 5.03. The molecular weight excluding hydrogens is 388 g/mol. The molecule has 3 rings (SSSR count). The van der Waals surface area contributed by atoms with Crippen LogP contribution in [-0.4, -0.2) is 27.4 Å². The van der Waals surface area contributed by atoms with Crippen molar-refractivity contribution in [3.05, 3.63) is 51.2 Å². The first kappa shape index (κ1) is 20.0. The normalized spacial score (nSPS) is 17.9. The van der Waals surface area contributed by atoms with Crippen LogP contribution >= 0.6 is 11.6 Å². The van der Waals surface area contributed by atoms with Crippen molar-refractivity contribution >= 4 is 23.5 Å². The van der Waals surface area contributed by atoms with Crippen LogP contribution in [-0.2, 0) is 26.1 Å². The lowest BCUT2D eigenvalue weighted by molar-refractivity contribution is -0.621. The molecule has 0 saturated carbocycles. The highest BCUT2D eigenvalue weighted by atomic mass is 35.5. The Labute approximate surface area is 166 Å². The van der Waals surface area contributed by atoms with Gasteiger partial charge in [0.2, 0.25) is 0 Å². The van der Waals surface area contributed by atoms with Gasteiger partial charge in [0, 0.05) is 27.7 Å². The number of aromatic nitrogens is 2.